The van der Waals surface area contributed by atoms with Crippen molar-refractivity contribution in [2.75, 3.05) is 14.2 Å². The molecule has 1 rings (SSSR count). The van der Waals surface area contributed by atoms with Gasteiger partial charge in [0, 0.05) is 5.56 Å². The predicted molar refractivity (Wildman–Crippen MR) is 58.2 cm³/mol. The molecule has 4 nitrogen and oxygen atoms in total. The molecule has 0 aliphatic rings. The predicted octanol–water partition coefficient (Wildman–Crippen LogP) is 2.29. The molecular weight excluding hydrogens is 194 g/mol. The molecular formula is C11H15NO3. The van der Waals surface area contributed by atoms with Crippen LogP contribution < -0.4 is 9.47 Å². The van der Waals surface area contributed by atoms with Crippen molar-refractivity contribution in [1.82, 2.24) is 0 Å². The molecule has 0 spiro atoms. The maximum absolute atomic E-state index is 8.79. The molecule has 0 aliphatic carbocycles. The van der Waals surface area contributed by atoms with E-state index in [-0.39, 0.29) is 0 Å². The zero-order chi connectivity index (χ0) is 11.3. The van der Waals surface area contributed by atoms with Gasteiger partial charge in [-0.1, -0.05) is 12.1 Å². The summed E-state index contributed by atoms with van der Waals surface area (Å²) in [5.41, 5.74) is 1.45. The fourth-order valence-corrected chi connectivity index (χ4v) is 1.35. The molecule has 0 saturated heterocycles. The largest absolute Gasteiger partial charge is 0.493 e. The van der Waals surface area contributed by atoms with Gasteiger partial charge in [-0.05, 0) is 24.6 Å². The Bertz CT molecular complexity index is 361. The van der Waals surface area contributed by atoms with Crippen LogP contribution in [0.1, 0.15) is 18.9 Å². The first-order valence-electron chi connectivity index (χ1n) is 4.70. The number of methoxy groups -OCH3 is 2. The van der Waals surface area contributed by atoms with E-state index in [1.807, 2.05) is 13.0 Å². The van der Waals surface area contributed by atoms with Crippen LogP contribution in [0.4, 0.5) is 0 Å². The van der Waals surface area contributed by atoms with Gasteiger partial charge in [-0.3, -0.25) is 0 Å². The van der Waals surface area contributed by atoms with E-state index in [1.165, 1.54) is 0 Å². The number of hydrogen-bond acceptors (Lipinski definition) is 4. The van der Waals surface area contributed by atoms with E-state index >= 15 is 0 Å². The molecule has 0 aromatic heterocycles. The third-order valence-corrected chi connectivity index (χ3v) is 2.17. The number of benzene rings is 1. The van der Waals surface area contributed by atoms with Gasteiger partial charge in [0.15, 0.2) is 11.5 Å². The van der Waals surface area contributed by atoms with Gasteiger partial charge in [0.1, 0.15) is 0 Å². The van der Waals surface area contributed by atoms with Crippen LogP contribution in [0.15, 0.2) is 23.4 Å². The lowest BCUT2D eigenvalue weighted by Gasteiger charge is -2.09. The van der Waals surface area contributed by atoms with Crippen LogP contribution in [0.3, 0.4) is 0 Å². The van der Waals surface area contributed by atoms with Crippen molar-refractivity contribution in [3.63, 3.8) is 0 Å². The lowest BCUT2D eigenvalue weighted by Crippen LogP contribution is -2.00. The second-order valence-electron chi connectivity index (χ2n) is 2.97. The summed E-state index contributed by atoms with van der Waals surface area (Å²) in [6.45, 7) is 1.92. The van der Waals surface area contributed by atoms with Crippen LogP contribution >= 0.6 is 0 Å². The normalized spacial score (nSPS) is 11.3. The first-order chi connectivity index (χ1) is 7.26. The molecule has 1 aromatic carbocycles. The van der Waals surface area contributed by atoms with Crippen molar-refractivity contribution in [1.29, 1.82) is 0 Å². The highest BCUT2D eigenvalue weighted by Gasteiger charge is 2.07. The third kappa shape index (κ3) is 2.40. The third-order valence-electron chi connectivity index (χ3n) is 2.17. The van der Waals surface area contributed by atoms with E-state index in [1.54, 1.807) is 26.4 Å². The molecule has 1 N–H and O–H groups in total. The maximum Gasteiger partial charge on any atom is 0.161 e. The van der Waals surface area contributed by atoms with Gasteiger partial charge < -0.3 is 14.7 Å². The molecule has 0 amide bonds. The van der Waals surface area contributed by atoms with Gasteiger partial charge in [-0.25, -0.2) is 0 Å². The summed E-state index contributed by atoms with van der Waals surface area (Å²) in [5.74, 6) is 1.29. The number of ether oxygens (including phenoxy) is 2. The highest BCUT2D eigenvalue weighted by molar-refractivity contribution is 6.00. The number of rotatable bonds is 4. The molecule has 4 heteroatoms. The molecule has 0 atom stereocenters. The maximum atomic E-state index is 8.79. The summed E-state index contributed by atoms with van der Waals surface area (Å²) in [6.07, 6.45) is 0.659. The molecule has 0 heterocycles. The molecule has 15 heavy (non-hydrogen) atoms. The van der Waals surface area contributed by atoms with Crippen LogP contribution in [0.2, 0.25) is 0 Å². The Labute approximate surface area is 89.1 Å². The van der Waals surface area contributed by atoms with Crippen molar-refractivity contribution in [3.8, 4) is 11.5 Å². The molecule has 0 fully saturated rings. The number of hydrogen-bond donors (Lipinski definition) is 1. The zero-order valence-electron chi connectivity index (χ0n) is 9.15. The van der Waals surface area contributed by atoms with E-state index in [4.69, 9.17) is 14.7 Å². The quantitative estimate of drug-likeness (QED) is 0.470. The van der Waals surface area contributed by atoms with Crippen molar-refractivity contribution in [3.05, 3.63) is 23.8 Å². The van der Waals surface area contributed by atoms with Gasteiger partial charge in [-0.2, -0.15) is 0 Å². The van der Waals surface area contributed by atoms with Crippen LogP contribution in [0.25, 0.3) is 0 Å². The fourth-order valence-electron chi connectivity index (χ4n) is 1.35. The Kier molecular flexibility index (Phi) is 3.97. The van der Waals surface area contributed by atoms with Crippen LogP contribution in [-0.4, -0.2) is 25.1 Å². The Hall–Kier alpha value is -1.71. The minimum atomic E-state index is 0.621. The van der Waals surface area contributed by atoms with Crippen LogP contribution in [0.5, 0.6) is 11.5 Å². The van der Waals surface area contributed by atoms with E-state index in [0.29, 0.717) is 23.6 Å². The Morgan fingerprint density at radius 2 is 1.93 bits per heavy atom. The Balaban J connectivity index is 3.13. The van der Waals surface area contributed by atoms with Crippen molar-refractivity contribution in [2.24, 2.45) is 5.16 Å². The summed E-state index contributed by atoms with van der Waals surface area (Å²) in [7, 11) is 3.15. The molecule has 1 aromatic rings. The average Bonchev–Trinajstić information content (AvgIpc) is 2.30. The number of nitrogens with zero attached hydrogens (tertiary/aromatic N) is 1. The standard InChI is InChI=1S/C11H15NO3/c1-4-9(12-13)8-5-6-10(14-2)11(7-8)15-3/h5-7,13H,4H2,1-3H3. The lowest BCUT2D eigenvalue weighted by molar-refractivity contribution is 0.318. The smallest absolute Gasteiger partial charge is 0.161 e. The molecule has 0 radical (unpaired) electrons. The second kappa shape index (κ2) is 5.24. The summed E-state index contributed by atoms with van der Waals surface area (Å²) >= 11 is 0. The summed E-state index contributed by atoms with van der Waals surface area (Å²) in [5, 5.41) is 12.0. The topological polar surface area (TPSA) is 51.1 Å². The van der Waals surface area contributed by atoms with Crippen LogP contribution in [0, 0.1) is 0 Å². The van der Waals surface area contributed by atoms with E-state index < -0.39 is 0 Å². The van der Waals surface area contributed by atoms with Gasteiger partial charge in [-0.15, -0.1) is 0 Å². The minimum absolute atomic E-state index is 0.621. The molecule has 0 aliphatic heterocycles. The SMILES string of the molecule is CCC(=NO)c1ccc(OC)c(OC)c1. The average molecular weight is 209 g/mol. The summed E-state index contributed by atoms with van der Waals surface area (Å²) < 4.78 is 10.3. The van der Waals surface area contributed by atoms with E-state index in [9.17, 15) is 0 Å². The molecule has 0 unspecified atom stereocenters. The Morgan fingerprint density at radius 3 is 2.40 bits per heavy atom. The molecule has 82 valence electrons. The minimum Gasteiger partial charge on any atom is -0.493 e. The second-order valence-corrected chi connectivity index (χ2v) is 2.97. The summed E-state index contributed by atoms with van der Waals surface area (Å²) in [6, 6.07) is 5.41. The monoisotopic (exact) mass is 209 g/mol. The van der Waals surface area contributed by atoms with Gasteiger partial charge in [0.25, 0.3) is 0 Å². The Morgan fingerprint density at radius 1 is 1.27 bits per heavy atom. The first kappa shape index (κ1) is 11.4. The van der Waals surface area contributed by atoms with Crippen molar-refractivity contribution < 1.29 is 14.7 Å². The highest BCUT2D eigenvalue weighted by Crippen LogP contribution is 2.28. The lowest BCUT2D eigenvalue weighted by atomic mass is 10.1. The summed E-state index contributed by atoms with van der Waals surface area (Å²) in [4.78, 5) is 0. The van der Waals surface area contributed by atoms with E-state index in [0.717, 1.165) is 5.56 Å². The van der Waals surface area contributed by atoms with Crippen molar-refractivity contribution in [2.45, 2.75) is 13.3 Å². The number of oxime groups is 1. The van der Waals surface area contributed by atoms with Gasteiger partial charge >= 0.3 is 0 Å². The van der Waals surface area contributed by atoms with Crippen molar-refractivity contribution >= 4 is 5.71 Å². The van der Waals surface area contributed by atoms with Gasteiger partial charge in [0.2, 0.25) is 0 Å². The molecule has 0 saturated carbocycles. The molecule has 0 bridgehead atoms. The van der Waals surface area contributed by atoms with E-state index in [2.05, 4.69) is 5.16 Å². The zero-order valence-corrected chi connectivity index (χ0v) is 9.15. The first-order valence-corrected chi connectivity index (χ1v) is 4.70. The van der Waals surface area contributed by atoms with Gasteiger partial charge in [0.05, 0.1) is 19.9 Å². The van der Waals surface area contributed by atoms with Crippen LogP contribution in [-0.2, 0) is 0 Å². The fraction of sp³-hybridized carbons (Fsp3) is 0.364. The highest BCUT2D eigenvalue weighted by atomic mass is 16.5.